The maximum atomic E-state index is 5.44. The van der Waals surface area contributed by atoms with Crippen LogP contribution in [0.3, 0.4) is 0 Å². The number of nitrogens with two attached hydrogens (primary N) is 1. The fourth-order valence-electron chi connectivity index (χ4n) is 1.49. The molecule has 0 heterocycles. The summed E-state index contributed by atoms with van der Waals surface area (Å²) in [5.41, 5.74) is 5.44. The summed E-state index contributed by atoms with van der Waals surface area (Å²) in [6.07, 6.45) is 9.29. The lowest BCUT2D eigenvalue weighted by atomic mass is 10.0. The number of rotatable bonds is 9. The van der Waals surface area contributed by atoms with Crippen LogP contribution in [0.4, 0.5) is 0 Å². The Morgan fingerprint density at radius 1 is 1.29 bits per heavy atom. The van der Waals surface area contributed by atoms with Gasteiger partial charge in [0.2, 0.25) is 0 Å². The Kier molecular flexibility index (Phi) is 10.5. The average molecular weight is 198 g/mol. The van der Waals surface area contributed by atoms with Gasteiger partial charge in [0, 0.05) is 6.54 Å². The van der Waals surface area contributed by atoms with Crippen molar-refractivity contribution in [3.8, 4) is 0 Å². The van der Waals surface area contributed by atoms with Gasteiger partial charge in [-0.25, -0.2) is 0 Å². The van der Waals surface area contributed by atoms with Crippen LogP contribution < -0.4 is 11.1 Å². The standard InChI is InChI=1S/C12H26N2/c1-3-7-12(8-5-6-9-13)11-14-10-4-2/h5,8,12,14H,3-4,6-7,9-11,13H2,1-2H3/b8-5+. The van der Waals surface area contributed by atoms with Crippen LogP contribution in [0.15, 0.2) is 12.2 Å². The van der Waals surface area contributed by atoms with E-state index in [1.807, 2.05) is 0 Å². The molecule has 1 unspecified atom stereocenters. The van der Waals surface area contributed by atoms with E-state index >= 15 is 0 Å². The molecule has 0 amide bonds. The van der Waals surface area contributed by atoms with Crippen molar-refractivity contribution in [1.82, 2.24) is 5.32 Å². The molecule has 0 rings (SSSR count). The highest BCUT2D eigenvalue weighted by atomic mass is 14.8. The first-order valence-corrected chi connectivity index (χ1v) is 5.92. The molecule has 14 heavy (non-hydrogen) atoms. The van der Waals surface area contributed by atoms with Crippen molar-refractivity contribution in [1.29, 1.82) is 0 Å². The lowest BCUT2D eigenvalue weighted by Gasteiger charge is -2.12. The molecule has 84 valence electrons. The topological polar surface area (TPSA) is 38.0 Å². The summed E-state index contributed by atoms with van der Waals surface area (Å²) in [5, 5.41) is 3.46. The van der Waals surface area contributed by atoms with Crippen LogP contribution >= 0.6 is 0 Å². The Morgan fingerprint density at radius 2 is 2.07 bits per heavy atom. The smallest absolute Gasteiger partial charge is 0.00142 e. The lowest BCUT2D eigenvalue weighted by molar-refractivity contribution is 0.516. The summed E-state index contributed by atoms with van der Waals surface area (Å²) >= 11 is 0. The first-order valence-electron chi connectivity index (χ1n) is 5.92. The Hall–Kier alpha value is -0.340. The summed E-state index contributed by atoms with van der Waals surface area (Å²) in [5.74, 6) is 0.693. The normalized spacial score (nSPS) is 13.6. The van der Waals surface area contributed by atoms with Crippen LogP contribution in [0.25, 0.3) is 0 Å². The van der Waals surface area contributed by atoms with Gasteiger partial charge in [-0.15, -0.1) is 0 Å². The van der Waals surface area contributed by atoms with Crippen LogP contribution in [-0.4, -0.2) is 19.6 Å². The van der Waals surface area contributed by atoms with E-state index in [1.54, 1.807) is 0 Å². The molecule has 1 atom stereocenters. The third kappa shape index (κ3) is 8.27. The third-order valence-electron chi connectivity index (χ3n) is 2.23. The summed E-state index contributed by atoms with van der Waals surface area (Å²) in [7, 11) is 0. The van der Waals surface area contributed by atoms with Crippen molar-refractivity contribution in [3.63, 3.8) is 0 Å². The van der Waals surface area contributed by atoms with Crippen LogP contribution in [0, 0.1) is 5.92 Å². The second-order valence-electron chi connectivity index (χ2n) is 3.76. The van der Waals surface area contributed by atoms with Gasteiger partial charge in [-0.1, -0.05) is 32.4 Å². The monoisotopic (exact) mass is 198 g/mol. The van der Waals surface area contributed by atoms with Crippen molar-refractivity contribution in [2.45, 2.75) is 39.5 Å². The van der Waals surface area contributed by atoms with E-state index in [4.69, 9.17) is 5.73 Å². The molecule has 0 bridgehead atoms. The van der Waals surface area contributed by atoms with Crippen molar-refractivity contribution < 1.29 is 0 Å². The molecule has 0 aliphatic rings. The second kappa shape index (κ2) is 10.7. The van der Waals surface area contributed by atoms with Crippen molar-refractivity contribution >= 4 is 0 Å². The van der Waals surface area contributed by atoms with Crippen molar-refractivity contribution in [3.05, 3.63) is 12.2 Å². The predicted octanol–water partition coefficient (Wildman–Crippen LogP) is 2.31. The molecular formula is C12H26N2. The molecule has 0 saturated carbocycles. The number of nitrogens with one attached hydrogen (secondary N) is 1. The summed E-state index contributed by atoms with van der Waals surface area (Å²) in [6, 6.07) is 0. The average Bonchev–Trinajstić information content (AvgIpc) is 2.18. The number of hydrogen-bond donors (Lipinski definition) is 2. The third-order valence-corrected chi connectivity index (χ3v) is 2.23. The Bertz CT molecular complexity index is 132. The minimum absolute atomic E-state index is 0.693. The Morgan fingerprint density at radius 3 is 2.64 bits per heavy atom. The molecule has 3 N–H and O–H groups in total. The minimum Gasteiger partial charge on any atom is -0.330 e. The van der Waals surface area contributed by atoms with E-state index in [9.17, 15) is 0 Å². The zero-order chi connectivity index (χ0) is 10.6. The van der Waals surface area contributed by atoms with Gasteiger partial charge in [-0.2, -0.15) is 0 Å². The molecule has 0 aromatic rings. The maximum absolute atomic E-state index is 5.44. The minimum atomic E-state index is 0.693. The molecule has 0 aromatic heterocycles. The highest BCUT2D eigenvalue weighted by Crippen LogP contribution is 2.07. The van der Waals surface area contributed by atoms with Crippen LogP contribution in [0.5, 0.6) is 0 Å². The van der Waals surface area contributed by atoms with Gasteiger partial charge in [0.25, 0.3) is 0 Å². The molecule has 0 saturated heterocycles. The highest BCUT2D eigenvalue weighted by molar-refractivity contribution is 4.89. The fraction of sp³-hybridized carbons (Fsp3) is 0.833. The Balaban J connectivity index is 3.64. The molecule has 0 fully saturated rings. The van der Waals surface area contributed by atoms with E-state index in [0.717, 1.165) is 26.1 Å². The van der Waals surface area contributed by atoms with Gasteiger partial charge in [0.05, 0.1) is 0 Å². The Labute approximate surface area is 89.0 Å². The zero-order valence-corrected chi connectivity index (χ0v) is 9.76. The van der Waals surface area contributed by atoms with E-state index in [1.165, 1.54) is 19.3 Å². The molecular weight excluding hydrogens is 172 g/mol. The largest absolute Gasteiger partial charge is 0.330 e. The number of hydrogen-bond acceptors (Lipinski definition) is 2. The highest BCUT2D eigenvalue weighted by Gasteiger charge is 2.01. The molecule has 2 nitrogen and oxygen atoms in total. The quantitative estimate of drug-likeness (QED) is 0.441. The van der Waals surface area contributed by atoms with Gasteiger partial charge >= 0.3 is 0 Å². The predicted molar refractivity (Wildman–Crippen MR) is 64.4 cm³/mol. The first-order chi connectivity index (χ1) is 6.85. The zero-order valence-electron chi connectivity index (χ0n) is 9.76. The summed E-state index contributed by atoms with van der Waals surface area (Å²) < 4.78 is 0. The van der Waals surface area contributed by atoms with Crippen LogP contribution in [-0.2, 0) is 0 Å². The van der Waals surface area contributed by atoms with Crippen molar-refractivity contribution in [2.75, 3.05) is 19.6 Å². The molecule has 2 heteroatoms. The molecule has 0 aromatic carbocycles. The van der Waals surface area contributed by atoms with Gasteiger partial charge in [-0.05, 0) is 38.3 Å². The van der Waals surface area contributed by atoms with E-state index in [0.29, 0.717) is 5.92 Å². The molecule has 0 aliphatic carbocycles. The van der Waals surface area contributed by atoms with Crippen LogP contribution in [0.2, 0.25) is 0 Å². The molecule has 0 radical (unpaired) electrons. The molecule has 0 spiro atoms. The second-order valence-corrected chi connectivity index (χ2v) is 3.76. The van der Waals surface area contributed by atoms with E-state index < -0.39 is 0 Å². The van der Waals surface area contributed by atoms with Gasteiger partial charge in [0.15, 0.2) is 0 Å². The van der Waals surface area contributed by atoms with Crippen molar-refractivity contribution in [2.24, 2.45) is 11.7 Å². The lowest BCUT2D eigenvalue weighted by Crippen LogP contribution is -2.22. The van der Waals surface area contributed by atoms with Crippen LogP contribution in [0.1, 0.15) is 39.5 Å². The van der Waals surface area contributed by atoms with Gasteiger partial charge < -0.3 is 11.1 Å². The van der Waals surface area contributed by atoms with E-state index in [2.05, 4.69) is 31.3 Å². The molecule has 0 aliphatic heterocycles. The SMILES string of the molecule is CCCNCC(/C=C/CCN)CCC. The maximum Gasteiger partial charge on any atom is 0.00142 e. The van der Waals surface area contributed by atoms with E-state index in [-0.39, 0.29) is 0 Å². The van der Waals surface area contributed by atoms with Gasteiger partial charge in [-0.3, -0.25) is 0 Å². The summed E-state index contributed by atoms with van der Waals surface area (Å²) in [4.78, 5) is 0. The first kappa shape index (κ1) is 13.7. The van der Waals surface area contributed by atoms with Gasteiger partial charge in [0.1, 0.15) is 0 Å². The fourth-order valence-corrected chi connectivity index (χ4v) is 1.49. The summed E-state index contributed by atoms with van der Waals surface area (Å²) in [6.45, 7) is 7.45.